The summed E-state index contributed by atoms with van der Waals surface area (Å²) in [5.74, 6) is 1.39. The molecule has 1 nitrogen and oxygen atoms in total. The molecule has 0 saturated carbocycles. The van der Waals surface area contributed by atoms with Crippen LogP contribution in [-0.2, 0) is 0 Å². The molecule has 1 fully saturated rings. The molecule has 0 bridgehead atoms. The van der Waals surface area contributed by atoms with Crippen molar-refractivity contribution in [3.8, 4) is 0 Å². The summed E-state index contributed by atoms with van der Waals surface area (Å²) in [6.45, 7) is 8.99. The number of rotatable bonds is 18. The SMILES string of the molecule is CCCCCCCCCCCCCCCCSC(C)C[N+]1(C)CCCC1.[Br-]. The van der Waals surface area contributed by atoms with Crippen LogP contribution >= 0.6 is 11.8 Å². The zero-order chi connectivity index (χ0) is 18.9. The van der Waals surface area contributed by atoms with E-state index in [4.69, 9.17) is 0 Å². The molecule has 0 spiro atoms. The average molecular weight is 465 g/mol. The third-order valence-electron chi connectivity index (χ3n) is 6.24. The summed E-state index contributed by atoms with van der Waals surface area (Å²) in [5, 5.41) is 0.847. The van der Waals surface area contributed by atoms with Gasteiger partial charge in [0.15, 0.2) is 0 Å². The fraction of sp³-hybridized carbons (Fsp3) is 1.00. The molecular weight excluding hydrogens is 414 g/mol. The number of hydrogen-bond donors (Lipinski definition) is 0. The Kier molecular flexibility index (Phi) is 19.3. The first-order valence-corrected chi connectivity index (χ1v) is 13.2. The van der Waals surface area contributed by atoms with Crippen LogP contribution in [0.3, 0.4) is 0 Å². The highest BCUT2D eigenvalue weighted by atomic mass is 79.9. The van der Waals surface area contributed by atoms with E-state index in [9.17, 15) is 0 Å². The molecule has 1 heterocycles. The predicted octanol–water partition coefficient (Wildman–Crippen LogP) is 4.83. The first kappa shape index (κ1) is 27.8. The van der Waals surface area contributed by atoms with E-state index < -0.39 is 0 Å². The van der Waals surface area contributed by atoms with Crippen LogP contribution in [0.5, 0.6) is 0 Å². The number of halogens is 1. The van der Waals surface area contributed by atoms with Crippen molar-refractivity contribution >= 4 is 11.8 Å². The second-order valence-corrected chi connectivity index (χ2v) is 10.8. The predicted molar refractivity (Wildman–Crippen MR) is 122 cm³/mol. The van der Waals surface area contributed by atoms with E-state index in [0.29, 0.717) is 0 Å². The zero-order valence-corrected chi connectivity index (χ0v) is 21.4. The maximum absolute atomic E-state index is 2.47. The van der Waals surface area contributed by atoms with Crippen LogP contribution in [0.2, 0.25) is 0 Å². The van der Waals surface area contributed by atoms with Crippen molar-refractivity contribution < 1.29 is 21.5 Å². The Morgan fingerprint density at radius 2 is 1.11 bits per heavy atom. The van der Waals surface area contributed by atoms with E-state index in [0.717, 1.165) is 5.25 Å². The highest BCUT2D eigenvalue weighted by Crippen LogP contribution is 2.22. The molecule has 1 rings (SSSR count). The molecule has 0 amide bonds. The Labute approximate surface area is 187 Å². The largest absolute Gasteiger partial charge is 1.00 e. The van der Waals surface area contributed by atoms with Crippen molar-refractivity contribution in [2.45, 2.75) is 122 Å². The van der Waals surface area contributed by atoms with Gasteiger partial charge in [0, 0.05) is 12.8 Å². The molecule has 0 aromatic heterocycles. The monoisotopic (exact) mass is 463 g/mol. The fourth-order valence-corrected chi connectivity index (χ4v) is 5.77. The highest BCUT2D eigenvalue weighted by Gasteiger charge is 2.28. The molecule has 0 aromatic rings. The van der Waals surface area contributed by atoms with Crippen molar-refractivity contribution in [1.29, 1.82) is 0 Å². The van der Waals surface area contributed by atoms with Crippen LogP contribution in [0.4, 0.5) is 0 Å². The lowest BCUT2D eigenvalue weighted by atomic mass is 10.0. The number of likely N-dealkylation sites (tertiary alicyclic amines) is 1. The van der Waals surface area contributed by atoms with Gasteiger partial charge in [0.25, 0.3) is 0 Å². The molecule has 0 aromatic carbocycles. The molecule has 0 radical (unpaired) electrons. The molecule has 1 unspecified atom stereocenters. The third-order valence-corrected chi connectivity index (χ3v) is 7.49. The van der Waals surface area contributed by atoms with Crippen LogP contribution in [-0.4, -0.2) is 42.2 Å². The van der Waals surface area contributed by atoms with Crippen LogP contribution in [0.15, 0.2) is 0 Å². The van der Waals surface area contributed by atoms with Crippen molar-refractivity contribution in [3.63, 3.8) is 0 Å². The minimum Gasteiger partial charge on any atom is -1.00 e. The lowest BCUT2D eigenvalue weighted by Crippen LogP contribution is -3.00. The Hall–Kier alpha value is 0.790. The zero-order valence-electron chi connectivity index (χ0n) is 19.0. The van der Waals surface area contributed by atoms with Gasteiger partial charge < -0.3 is 21.5 Å². The van der Waals surface area contributed by atoms with Gasteiger partial charge in [-0.1, -0.05) is 90.4 Å². The number of unbranched alkanes of at least 4 members (excludes halogenated alkanes) is 13. The van der Waals surface area contributed by atoms with E-state index in [1.807, 2.05) is 0 Å². The normalized spacial score (nSPS) is 17.0. The second-order valence-electron chi connectivity index (χ2n) is 9.23. The summed E-state index contributed by atoms with van der Waals surface area (Å²) in [5.41, 5.74) is 0. The summed E-state index contributed by atoms with van der Waals surface area (Å²) in [4.78, 5) is 0. The van der Waals surface area contributed by atoms with Crippen molar-refractivity contribution in [3.05, 3.63) is 0 Å². The molecule has 1 aliphatic rings. The minimum atomic E-state index is 0. The molecule has 164 valence electrons. The quantitative estimate of drug-likeness (QED) is 0.207. The number of thioether (sulfide) groups is 1. The lowest BCUT2D eigenvalue weighted by Gasteiger charge is -2.31. The summed E-state index contributed by atoms with van der Waals surface area (Å²) < 4.78 is 1.34. The summed E-state index contributed by atoms with van der Waals surface area (Å²) in [6.07, 6.45) is 23.4. The average Bonchev–Trinajstić information content (AvgIpc) is 3.04. The lowest BCUT2D eigenvalue weighted by molar-refractivity contribution is -0.897. The first-order valence-electron chi connectivity index (χ1n) is 12.1. The van der Waals surface area contributed by atoms with E-state index in [1.54, 1.807) is 0 Å². The number of quaternary nitrogens is 1. The van der Waals surface area contributed by atoms with Crippen LogP contribution < -0.4 is 17.0 Å². The van der Waals surface area contributed by atoms with Crippen LogP contribution in [0.1, 0.15) is 117 Å². The molecule has 27 heavy (non-hydrogen) atoms. The van der Waals surface area contributed by atoms with Gasteiger partial charge in [-0.05, 0) is 19.1 Å². The maximum Gasteiger partial charge on any atom is 0.0902 e. The minimum absolute atomic E-state index is 0. The van der Waals surface area contributed by atoms with Crippen molar-refractivity contribution in [1.82, 2.24) is 0 Å². The van der Waals surface area contributed by atoms with E-state index in [1.165, 1.54) is 133 Å². The van der Waals surface area contributed by atoms with Gasteiger partial charge in [-0.3, -0.25) is 0 Å². The topological polar surface area (TPSA) is 0 Å². The molecule has 3 heteroatoms. The first-order chi connectivity index (χ1) is 12.7. The smallest absolute Gasteiger partial charge is 0.0902 e. The van der Waals surface area contributed by atoms with Crippen LogP contribution in [0, 0.1) is 0 Å². The van der Waals surface area contributed by atoms with Gasteiger partial charge >= 0.3 is 0 Å². The third kappa shape index (κ3) is 16.3. The maximum atomic E-state index is 2.47. The Morgan fingerprint density at radius 3 is 1.56 bits per heavy atom. The number of hydrogen-bond acceptors (Lipinski definition) is 1. The second kappa shape index (κ2) is 18.8. The van der Waals surface area contributed by atoms with Gasteiger partial charge in [-0.15, -0.1) is 0 Å². The highest BCUT2D eigenvalue weighted by molar-refractivity contribution is 7.99. The molecule has 1 saturated heterocycles. The van der Waals surface area contributed by atoms with Crippen LogP contribution in [0.25, 0.3) is 0 Å². The van der Waals surface area contributed by atoms with E-state index >= 15 is 0 Å². The summed E-state index contributed by atoms with van der Waals surface area (Å²) in [6, 6.07) is 0. The molecule has 1 aliphatic heterocycles. The Morgan fingerprint density at radius 1 is 0.704 bits per heavy atom. The summed E-state index contributed by atoms with van der Waals surface area (Å²) in [7, 11) is 2.47. The number of nitrogens with zero attached hydrogens (tertiary/aromatic N) is 1. The molecule has 1 atom stereocenters. The van der Waals surface area contributed by atoms with E-state index in [-0.39, 0.29) is 17.0 Å². The molecule has 0 aliphatic carbocycles. The van der Waals surface area contributed by atoms with Gasteiger partial charge in [0.1, 0.15) is 0 Å². The fourth-order valence-electron chi connectivity index (χ4n) is 4.54. The van der Waals surface area contributed by atoms with Gasteiger partial charge in [0.2, 0.25) is 0 Å². The standard InChI is InChI=1S/C24H50NS.BrH/c1-4-5-6-7-8-9-10-11-12-13-14-15-16-19-22-26-24(2)23-25(3)20-17-18-21-25;/h24H,4-23H2,1-3H3;1H/q+1;/p-1. The van der Waals surface area contributed by atoms with Gasteiger partial charge in [-0.25, -0.2) is 0 Å². The van der Waals surface area contributed by atoms with Gasteiger partial charge in [0.05, 0.1) is 31.9 Å². The van der Waals surface area contributed by atoms with E-state index in [2.05, 4.69) is 32.7 Å². The summed E-state index contributed by atoms with van der Waals surface area (Å²) >= 11 is 2.23. The van der Waals surface area contributed by atoms with Crippen molar-refractivity contribution in [2.24, 2.45) is 0 Å². The Balaban J connectivity index is 0.00000676. The molecular formula is C24H50BrNS. The Bertz CT molecular complexity index is 305. The molecule has 0 N–H and O–H groups in total. The van der Waals surface area contributed by atoms with Gasteiger partial charge in [-0.2, -0.15) is 11.8 Å². The van der Waals surface area contributed by atoms with Crippen molar-refractivity contribution in [2.75, 3.05) is 32.4 Å².